The van der Waals surface area contributed by atoms with Crippen molar-refractivity contribution in [1.82, 2.24) is 4.98 Å². The molecule has 0 atom stereocenters. The molecule has 32 heavy (non-hydrogen) atoms. The number of amidine groups is 1. The Labute approximate surface area is 198 Å². The Hall–Kier alpha value is -2.76. The zero-order valence-electron chi connectivity index (χ0n) is 17.9. The Balaban J connectivity index is 1.69. The van der Waals surface area contributed by atoms with Crippen LogP contribution in [0.25, 0.3) is 0 Å². The van der Waals surface area contributed by atoms with Gasteiger partial charge in [0.15, 0.2) is 11.5 Å². The number of hydrogen-bond acceptors (Lipinski definition) is 4. The Morgan fingerprint density at radius 2 is 1.75 bits per heavy atom. The van der Waals surface area contributed by atoms with Crippen molar-refractivity contribution < 1.29 is 9.47 Å². The molecule has 0 bridgehead atoms. The van der Waals surface area contributed by atoms with Crippen molar-refractivity contribution in [2.75, 3.05) is 12.4 Å². The summed E-state index contributed by atoms with van der Waals surface area (Å²) in [5, 5.41) is 4.15. The van der Waals surface area contributed by atoms with Crippen LogP contribution in [0.5, 0.6) is 11.5 Å². The van der Waals surface area contributed by atoms with Crippen LogP contribution in [0, 0.1) is 0 Å². The molecule has 0 spiro atoms. The van der Waals surface area contributed by atoms with Crippen LogP contribution in [0.1, 0.15) is 36.8 Å². The second-order valence-corrected chi connectivity index (χ2v) is 8.46. The van der Waals surface area contributed by atoms with Gasteiger partial charge < -0.3 is 14.8 Å². The molecule has 0 unspecified atom stereocenters. The number of ether oxygens (including phenoxy) is 2. The van der Waals surface area contributed by atoms with E-state index in [0.717, 1.165) is 24.0 Å². The first kappa shape index (κ1) is 22.4. The molecule has 3 aromatic rings. The van der Waals surface area contributed by atoms with Crippen molar-refractivity contribution in [3.8, 4) is 11.5 Å². The van der Waals surface area contributed by atoms with Gasteiger partial charge in [0, 0.05) is 18.0 Å². The van der Waals surface area contributed by atoms with Crippen molar-refractivity contribution in [1.29, 1.82) is 0 Å². The molecule has 166 valence electrons. The number of aromatic nitrogens is 1. The number of halogens is 2. The quantitative estimate of drug-likeness (QED) is 0.306. The summed E-state index contributed by atoms with van der Waals surface area (Å²) in [5.74, 6) is 2.03. The third-order valence-corrected chi connectivity index (χ3v) is 5.97. The molecule has 7 heteroatoms. The number of nitrogens with one attached hydrogen (secondary N) is 1. The van der Waals surface area contributed by atoms with E-state index in [0.29, 0.717) is 39.6 Å². The molecular formula is C25H25Cl2N3O2. The van der Waals surface area contributed by atoms with Gasteiger partial charge in [-0.25, -0.2) is 0 Å². The predicted molar refractivity (Wildman–Crippen MR) is 130 cm³/mol. The third-order valence-electron chi connectivity index (χ3n) is 5.39. The molecular weight excluding hydrogens is 445 g/mol. The Morgan fingerprint density at radius 1 is 1.03 bits per heavy atom. The van der Waals surface area contributed by atoms with Gasteiger partial charge in [0.05, 0.1) is 35.5 Å². The van der Waals surface area contributed by atoms with E-state index in [4.69, 9.17) is 37.7 Å². The first-order valence-electron chi connectivity index (χ1n) is 10.6. The standard InChI is InChI=1S/C25H25Cl2N3O2/c1-31-22-12-11-18(13-23(22)32-19-9-5-6-10-19)25(29-14-17-7-3-2-4-8-17)30-24-20(26)15-28-16-21(24)27/h2-4,7-8,11-13,15-16,19H,5-6,9-10,14H2,1H3,(H,28,29,30). The molecule has 0 aliphatic heterocycles. The first-order chi connectivity index (χ1) is 15.6. The summed E-state index contributed by atoms with van der Waals surface area (Å²) < 4.78 is 11.8. The van der Waals surface area contributed by atoms with Gasteiger partial charge in [-0.3, -0.25) is 9.98 Å². The number of pyridine rings is 1. The fraction of sp³-hybridized carbons (Fsp3) is 0.280. The highest BCUT2D eigenvalue weighted by atomic mass is 35.5. The van der Waals surface area contributed by atoms with E-state index in [2.05, 4.69) is 10.3 Å². The van der Waals surface area contributed by atoms with Gasteiger partial charge >= 0.3 is 0 Å². The lowest BCUT2D eigenvalue weighted by Gasteiger charge is -2.18. The molecule has 4 rings (SSSR count). The van der Waals surface area contributed by atoms with Gasteiger partial charge in [-0.2, -0.15) is 0 Å². The number of anilines is 1. The lowest BCUT2D eigenvalue weighted by molar-refractivity contribution is 0.201. The van der Waals surface area contributed by atoms with E-state index < -0.39 is 0 Å². The lowest BCUT2D eigenvalue weighted by atomic mass is 10.1. The van der Waals surface area contributed by atoms with Crippen molar-refractivity contribution >= 4 is 34.7 Å². The summed E-state index contributed by atoms with van der Waals surface area (Å²) in [7, 11) is 1.65. The fourth-order valence-electron chi connectivity index (χ4n) is 3.71. The molecule has 1 aliphatic carbocycles. The minimum atomic E-state index is 0.209. The zero-order chi connectivity index (χ0) is 22.3. The van der Waals surface area contributed by atoms with E-state index in [1.165, 1.54) is 12.8 Å². The Kier molecular flexibility index (Phi) is 7.51. The van der Waals surface area contributed by atoms with E-state index in [9.17, 15) is 0 Å². The molecule has 1 aromatic heterocycles. The monoisotopic (exact) mass is 469 g/mol. The van der Waals surface area contributed by atoms with Crippen molar-refractivity contribution in [3.63, 3.8) is 0 Å². The third kappa shape index (κ3) is 5.53. The van der Waals surface area contributed by atoms with E-state index in [-0.39, 0.29) is 6.10 Å². The number of nitrogens with zero attached hydrogens (tertiary/aromatic N) is 2. The molecule has 1 heterocycles. The van der Waals surface area contributed by atoms with Crippen LogP contribution in [0.3, 0.4) is 0 Å². The summed E-state index contributed by atoms with van der Waals surface area (Å²) in [5.41, 5.74) is 2.50. The number of benzene rings is 2. The minimum absolute atomic E-state index is 0.209. The van der Waals surface area contributed by atoms with Gasteiger partial charge in [-0.05, 0) is 49.4 Å². The fourth-order valence-corrected chi connectivity index (χ4v) is 4.17. The van der Waals surface area contributed by atoms with Crippen molar-refractivity contribution in [2.24, 2.45) is 4.99 Å². The second kappa shape index (κ2) is 10.7. The maximum atomic E-state index is 6.36. The van der Waals surface area contributed by atoms with Crippen LogP contribution < -0.4 is 14.8 Å². The van der Waals surface area contributed by atoms with E-state index in [1.807, 2.05) is 48.5 Å². The summed E-state index contributed by atoms with van der Waals surface area (Å²) in [6.07, 6.45) is 7.81. The number of rotatable bonds is 7. The van der Waals surface area contributed by atoms with Crippen molar-refractivity contribution in [3.05, 3.63) is 82.1 Å². The highest BCUT2D eigenvalue weighted by Crippen LogP contribution is 2.34. The summed E-state index contributed by atoms with van der Waals surface area (Å²) >= 11 is 12.7. The SMILES string of the molecule is COc1ccc(C(=NCc2ccccc2)Nc2c(Cl)cncc2Cl)cc1OC1CCCC1. The van der Waals surface area contributed by atoms with Crippen LogP contribution in [-0.2, 0) is 6.54 Å². The average Bonchev–Trinajstić information content (AvgIpc) is 3.32. The maximum Gasteiger partial charge on any atom is 0.162 e. The first-order valence-corrected chi connectivity index (χ1v) is 11.4. The zero-order valence-corrected chi connectivity index (χ0v) is 19.4. The van der Waals surface area contributed by atoms with Crippen LogP contribution in [-0.4, -0.2) is 24.0 Å². The molecule has 0 radical (unpaired) electrons. The predicted octanol–water partition coefficient (Wildman–Crippen LogP) is 6.78. The van der Waals surface area contributed by atoms with E-state index in [1.54, 1.807) is 19.5 Å². The van der Waals surface area contributed by atoms with Crippen LogP contribution in [0.4, 0.5) is 5.69 Å². The van der Waals surface area contributed by atoms with Gasteiger partial charge in [0.1, 0.15) is 5.84 Å². The molecule has 2 aromatic carbocycles. The highest BCUT2D eigenvalue weighted by Gasteiger charge is 2.20. The summed E-state index contributed by atoms with van der Waals surface area (Å²) in [6.45, 7) is 0.494. The molecule has 0 saturated heterocycles. The molecule has 1 N–H and O–H groups in total. The minimum Gasteiger partial charge on any atom is -0.493 e. The molecule has 1 saturated carbocycles. The van der Waals surface area contributed by atoms with Crippen LogP contribution >= 0.6 is 23.2 Å². The van der Waals surface area contributed by atoms with Gasteiger partial charge in [-0.1, -0.05) is 53.5 Å². The molecule has 5 nitrogen and oxygen atoms in total. The highest BCUT2D eigenvalue weighted by molar-refractivity contribution is 6.39. The van der Waals surface area contributed by atoms with Gasteiger partial charge in [-0.15, -0.1) is 0 Å². The normalized spacial score (nSPS) is 14.4. The topological polar surface area (TPSA) is 55.7 Å². The van der Waals surface area contributed by atoms with E-state index >= 15 is 0 Å². The van der Waals surface area contributed by atoms with Gasteiger partial charge in [0.2, 0.25) is 0 Å². The molecule has 1 fully saturated rings. The summed E-state index contributed by atoms with van der Waals surface area (Å²) in [6, 6.07) is 15.8. The Bertz CT molecular complexity index is 1060. The Morgan fingerprint density at radius 3 is 2.44 bits per heavy atom. The van der Waals surface area contributed by atoms with Crippen LogP contribution in [0.15, 0.2) is 65.9 Å². The number of hydrogen-bond donors (Lipinski definition) is 1. The average molecular weight is 470 g/mol. The number of methoxy groups -OCH3 is 1. The summed E-state index contributed by atoms with van der Waals surface area (Å²) in [4.78, 5) is 8.87. The van der Waals surface area contributed by atoms with Crippen LogP contribution in [0.2, 0.25) is 10.0 Å². The largest absolute Gasteiger partial charge is 0.493 e. The smallest absolute Gasteiger partial charge is 0.162 e. The lowest BCUT2D eigenvalue weighted by Crippen LogP contribution is -2.16. The van der Waals surface area contributed by atoms with Crippen molar-refractivity contribution in [2.45, 2.75) is 38.3 Å². The molecule has 1 aliphatic rings. The maximum absolute atomic E-state index is 6.36. The second-order valence-electron chi connectivity index (χ2n) is 7.64. The molecule has 0 amide bonds. The van der Waals surface area contributed by atoms with Gasteiger partial charge in [0.25, 0.3) is 0 Å². The number of aliphatic imine (C=N–C) groups is 1.